The minimum Gasteiger partial charge on any atom is -0.490 e. The zero-order valence-electron chi connectivity index (χ0n) is 11.6. The molecule has 1 heterocycles. The Morgan fingerprint density at radius 1 is 1.16 bits per heavy atom. The maximum atomic E-state index is 5.79. The van der Waals surface area contributed by atoms with Gasteiger partial charge in [0, 0.05) is 31.2 Å². The van der Waals surface area contributed by atoms with Crippen LogP contribution in [0, 0.1) is 0 Å². The monoisotopic (exact) mass is 259 g/mol. The van der Waals surface area contributed by atoms with Crippen molar-refractivity contribution >= 4 is 10.9 Å². The van der Waals surface area contributed by atoms with Gasteiger partial charge in [0.2, 0.25) is 0 Å². The van der Waals surface area contributed by atoms with Crippen LogP contribution in [-0.4, -0.2) is 50.2 Å². The fourth-order valence-corrected chi connectivity index (χ4v) is 1.85. The van der Waals surface area contributed by atoms with Crippen LogP contribution in [0.2, 0.25) is 0 Å². The molecule has 0 saturated carbocycles. The quantitative estimate of drug-likeness (QED) is 0.769. The molecule has 19 heavy (non-hydrogen) atoms. The van der Waals surface area contributed by atoms with Crippen LogP contribution in [-0.2, 0) is 0 Å². The van der Waals surface area contributed by atoms with Crippen molar-refractivity contribution in [2.75, 3.05) is 40.3 Å². The highest BCUT2D eigenvalue weighted by Gasteiger charge is 2.01. The molecule has 0 saturated heterocycles. The predicted octanol–water partition coefficient (Wildman–Crippen LogP) is 1.76. The number of nitrogens with one attached hydrogen (secondary N) is 1. The molecule has 2 rings (SSSR count). The summed E-state index contributed by atoms with van der Waals surface area (Å²) in [5.74, 6) is 0.854. The summed E-state index contributed by atoms with van der Waals surface area (Å²) in [5.41, 5.74) is 0.929. The van der Waals surface area contributed by atoms with Gasteiger partial charge in [-0.15, -0.1) is 0 Å². The molecule has 2 aromatic rings. The number of aromatic nitrogens is 1. The molecule has 0 unspecified atom stereocenters. The molecule has 4 nitrogen and oxygen atoms in total. The van der Waals surface area contributed by atoms with Gasteiger partial charge in [0.15, 0.2) is 0 Å². The molecule has 0 bridgehead atoms. The van der Waals surface area contributed by atoms with E-state index in [2.05, 4.69) is 29.3 Å². The standard InChI is InChI=1S/C15H21N3O/c1-18(2)11-9-16-10-12-19-14-7-3-5-13-6-4-8-17-15(13)14/h3-8,16H,9-12H2,1-2H3. The van der Waals surface area contributed by atoms with E-state index in [4.69, 9.17) is 4.74 Å². The smallest absolute Gasteiger partial charge is 0.145 e. The van der Waals surface area contributed by atoms with Gasteiger partial charge in [0.25, 0.3) is 0 Å². The Hall–Kier alpha value is -1.65. The molecular weight excluding hydrogens is 238 g/mol. The van der Waals surface area contributed by atoms with Gasteiger partial charge in [-0.25, -0.2) is 0 Å². The van der Waals surface area contributed by atoms with Crippen molar-refractivity contribution < 1.29 is 4.74 Å². The Bertz CT molecular complexity index is 508. The summed E-state index contributed by atoms with van der Waals surface area (Å²) in [4.78, 5) is 6.52. The second-order valence-electron chi connectivity index (χ2n) is 4.73. The van der Waals surface area contributed by atoms with E-state index < -0.39 is 0 Å². The number of nitrogens with zero attached hydrogens (tertiary/aromatic N) is 2. The minimum absolute atomic E-state index is 0.656. The maximum Gasteiger partial charge on any atom is 0.145 e. The van der Waals surface area contributed by atoms with E-state index in [1.165, 1.54) is 0 Å². The highest BCUT2D eigenvalue weighted by molar-refractivity contribution is 5.84. The van der Waals surface area contributed by atoms with Gasteiger partial charge in [0.1, 0.15) is 17.9 Å². The Balaban J connectivity index is 1.82. The predicted molar refractivity (Wildman–Crippen MR) is 78.7 cm³/mol. The molecule has 0 radical (unpaired) electrons. The normalized spacial score (nSPS) is 11.1. The highest BCUT2D eigenvalue weighted by Crippen LogP contribution is 2.22. The van der Waals surface area contributed by atoms with E-state index in [0.717, 1.165) is 36.3 Å². The lowest BCUT2D eigenvalue weighted by Gasteiger charge is -2.11. The van der Waals surface area contributed by atoms with Crippen molar-refractivity contribution in [1.82, 2.24) is 15.2 Å². The number of hydrogen-bond acceptors (Lipinski definition) is 4. The van der Waals surface area contributed by atoms with Crippen LogP contribution in [0.4, 0.5) is 0 Å². The SMILES string of the molecule is CN(C)CCNCCOc1cccc2cccnc12. The molecule has 0 atom stereocenters. The van der Waals surface area contributed by atoms with Crippen molar-refractivity contribution in [2.24, 2.45) is 0 Å². The van der Waals surface area contributed by atoms with Gasteiger partial charge in [-0.1, -0.05) is 18.2 Å². The molecule has 1 aromatic carbocycles. The van der Waals surface area contributed by atoms with E-state index in [1.807, 2.05) is 30.3 Å². The van der Waals surface area contributed by atoms with Crippen LogP contribution in [0.1, 0.15) is 0 Å². The largest absolute Gasteiger partial charge is 0.490 e. The van der Waals surface area contributed by atoms with Crippen LogP contribution in [0.5, 0.6) is 5.75 Å². The molecular formula is C15H21N3O. The van der Waals surface area contributed by atoms with Crippen LogP contribution in [0.25, 0.3) is 10.9 Å². The zero-order chi connectivity index (χ0) is 13.5. The number of para-hydroxylation sites is 1. The highest BCUT2D eigenvalue weighted by atomic mass is 16.5. The zero-order valence-corrected chi connectivity index (χ0v) is 11.6. The number of hydrogen-bond donors (Lipinski definition) is 1. The van der Waals surface area contributed by atoms with Crippen LogP contribution >= 0.6 is 0 Å². The second kappa shape index (κ2) is 7.07. The molecule has 1 aromatic heterocycles. The number of likely N-dealkylation sites (N-methyl/N-ethyl adjacent to an activating group) is 1. The van der Waals surface area contributed by atoms with E-state index in [9.17, 15) is 0 Å². The second-order valence-corrected chi connectivity index (χ2v) is 4.73. The molecule has 0 aliphatic rings. The van der Waals surface area contributed by atoms with Crippen molar-refractivity contribution in [3.05, 3.63) is 36.5 Å². The lowest BCUT2D eigenvalue weighted by molar-refractivity contribution is 0.311. The van der Waals surface area contributed by atoms with Crippen LogP contribution in [0.15, 0.2) is 36.5 Å². The van der Waals surface area contributed by atoms with Gasteiger partial charge >= 0.3 is 0 Å². The van der Waals surface area contributed by atoms with Crippen LogP contribution < -0.4 is 10.1 Å². The molecule has 0 amide bonds. The average molecular weight is 259 g/mol. The first kappa shape index (κ1) is 13.8. The van der Waals surface area contributed by atoms with Crippen LogP contribution in [0.3, 0.4) is 0 Å². The number of benzene rings is 1. The Morgan fingerprint density at radius 2 is 2.00 bits per heavy atom. The Labute approximate surface area is 114 Å². The third kappa shape index (κ3) is 4.19. The van der Waals surface area contributed by atoms with Crippen molar-refractivity contribution in [3.8, 4) is 5.75 Å². The first-order chi connectivity index (χ1) is 9.27. The van der Waals surface area contributed by atoms with Gasteiger partial charge in [-0.2, -0.15) is 0 Å². The topological polar surface area (TPSA) is 37.4 Å². The van der Waals surface area contributed by atoms with E-state index in [0.29, 0.717) is 6.61 Å². The maximum absolute atomic E-state index is 5.79. The van der Waals surface area contributed by atoms with Gasteiger partial charge in [-0.05, 0) is 26.2 Å². The summed E-state index contributed by atoms with van der Waals surface area (Å²) < 4.78 is 5.79. The van der Waals surface area contributed by atoms with Crippen molar-refractivity contribution in [3.63, 3.8) is 0 Å². The fourth-order valence-electron chi connectivity index (χ4n) is 1.85. The lowest BCUT2D eigenvalue weighted by atomic mass is 10.2. The Kier molecular flexibility index (Phi) is 5.12. The molecule has 4 heteroatoms. The molecule has 0 spiro atoms. The Morgan fingerprint density at radius 3 is 2.84 bits per heavy atom. The molecule has 0 aliphatic carbocycles. The van der Waals surface area contributed by atoms with Gasteiger partial charge in [-0.3, -0.25) is 4.98 Å². The average Bonchev–Trinajstić information content (AvgIpc) is 2.42. The summed E-state index contributed by atoms with van der Waals surface area (Å²) >= 11 is 0. The number of rotatable bonds is 7. The summed E-state index contributed by atoms with van der Waals surface area (Å²) in [5, 5.41) is 4.46. The first-order valence-corrected chi connectivity index (χ1v) is 6.59. The summed E-state index contributed by atoms with van der Waals surface area (Å²) in [6.07, 6.45) is 1.80. The number of ether oxygens (including phenoxy) is 1. The van der Waals surface area contributed by atoms with E-state index in [-0.39, 0.29) is 0 Å². The number of fused-ring (bicyclic) bond motifs is 1. The molecule has 1 N–H and O–H groups in total. The fraction of sp³-hybridized carbons (Fsp3) is 0.400. The van der Waals surface area contributed by atoms with E-state index >= 15 is 0 Å². The lowest BCUT2D eigenvalue weighted by Crippen LogP contribution is -2.29. The first-order valence-electron chi connectivity index (χ1n) is 6.59. The third-order valence-electron chi connectivity index (χ3n) is 2.87. The summed E-state index contributed by atoms with van der Waals surface area (Å²) in [6, 6.07) is 10.00. The number of pyridine rings is 1. The van der Waals surface area contributed by atoms with Crippen molar-refractivity contribution in [1.29, 1.82) is 0 Å². The molecule has 0 aliphatic heterocycles. The molecule has 0 fully saturated rings. The molecule has 102 valence electrons. The summed E-state index contributed by atoms with van der Waals surface area (Å²) in [7, 11) is 4.14. The van der Waals surface area contributed by atoms with Crippen molar-refractivity contribution in [2.45, 2.75) is 0 Å². The van der Waals surface area contributed by atoms with Gasteiger partial charge < -0.3 is 15.0 Å². The van der Waals surface area contributed by atoms with E-state index in [1.54, 1.807) is 6.20 Å². The minimum atomic E-state index is 0.656. The summed E-state index contributed by atoms with van der Waals surface area (Å²) in [6.45, 7) is 3.51. The van der Waals surface area contributed by atoms with Gasteiger partial charge in [0.05, 0.1) is 0 Å². The third-order valence-corrected chi connectivity index (χ3v) is 2.87.